The van der Waals surface area contributed by atoms with E-state index in [0.717, 1.165) is 31.4 Å². The first-order valence-electron chi connectivity index (χ1n) is 9.89. The van der Waals surface area contributed by atoms with Gasteiger partial charge in [-0.3, -0.25) is 0 Å². The van der Waals surface area contributed by atoms with Crippen LogP contribution in [-0.2, 0) is 0 Å². The number of azo groups is 2. The summed E-state index contributed by atoms with van der Waals surface area (Å²) in [4.78, 5) is 0. The molecule has 0 saturated carbocycles. The number of hydrogen-bond donors (Lipinski definition) is 0. The van der Waals surface area contributed by atoms with E-state index in [9.17, 15) is 0 Å². The van der Waals surface area contributed by atoms with Crippen LogP contribution in [0.5, 0.6) is 0 Å². The van der Waals surface area contributed by atoms with Gasteiger partial charge in [-0.2, -0.15) is 10.2 Å². The van der Waals surface area contributed by atoms with Gasteiger partial charge >= 0.3 is 0 Å². The van der Waals surface area contributed by atoms with Crippen molar-refractivity contribution in [2.24, 2.45) is 20.5 Å². The number of nitrogens with zero attached hydrogens (tertiary/aromatic N) is 4. The van der Waals surface area contributed by atoms with Crippen molar-refractivity contribution in [2.75, 3.05) is 0 Å². The maximum atomic E-state index is 4.63. The Bertz CT molecular complexity index is 1150. The van der Waals surface area contributed by atoms with E-state index in [0.29, 0.717) is 11.4 Å². The third kappa shape index (κ3) is 5.93. The van der Waals surface area contributed by atoms with Gasteiger partial charge in [0.15, 0.2) is 0 Å². The Labute approximate surface area is 203 Å². The average Bonchev–Trinajstić information content (AvgIpc) is 2.84. The number of benzene rings is 4. The maximum Gasteiger partial charge on any atom is 0.121 e. The second-order valence-corrected chi connectivity index (χ2v) is 8.61. The van der Waals surface area contributed by atoms with E-state index < -0.39 is 0 Å². The smallest absolute Gasteiger partial charge is 0.121 e. The lowest BCUT2D eigenvalue weighted by atomic mass is 10.1. The molecule has 0 aliphatic heterocycles. The highest BCUT2D eigenvalue weighted by atomic mass is 79.9. The summed E-state index contributed by atoms with van der Waals surface area (Å²) in [5.74, 6) is 0. The molecule has 0 unspecified atom stereocenters. The minimum absolute atomic E-state index is 0.639. The second-order valence-electron chi connectivity index (χ2n) is 6.78. The summed E-state index contributed by atoms with van der Waals surface area (Å²) in [5.41, 5.74) is 4.59. The van der Waals surface area contributed by atoms with Crippen LogP contribution in [0.15, 0.2) is 139 Å². The van der Waals surface area contributed by atoms with Crippen LogP contribution in [0.25, 0.3) is 11.4 Å². The van der Waals surface area contributed by atoms with Gasteiger partial charge in [-0.15, -0.1) is 10.2 Å². The van der Waals surface area contributed by atoms with Gasteiger partial charge in [0, 0.05) is 20.1 Å². The standard InChI is InChI=1S/C26H18Br2N4/c27-21-11-15-23(16-12-21)29-31-25(19-7-3-1-4-8-19)26(20-9-5-2-6-10-20)32-30-24-17-13-22(28)14-18-24/h1-18H. The summed E-state index contributed by atoms with van der Waals surface area (Å²) >= 11 is 6.90. The Morgan fingerprint density at radius 3 is 1.12 bits per heavy atom. The minimum atomic E-state index is 0.639. The Balaban J connectivity index is 1.86. The molecule has 0 spiro atoms. The van der Waals surface area contributed by atoms with Crippen molar-refractivity contribution in [3.8, 4) is 0 Å². The van der Waals surface area contributed by atoms with E-state index in [1.54, 1.807) is 0 Å². The van der Waals surface area contributed by atoms with E-state index in [1.807, 2.05) is 109 Å². The van der Waals surface area contributed by atoms with E-state index in [1.165, 1.54) is 0 Å². The third-order valence-corrected chi connectivity index (χ3v) is 5.56. The van der Waals surface area contributed by atoms with Crippen LogP contribution in [-0.4, -0.2) is 0 Å². The molecule has 4 aromatic carbocycles. The molecule has 0 heterocycles. The fourth-order valence-electron chi connectivity index (χ4n) is 2.91. The topological polar surface area (TPSA) is 49.4 Å². The molecule has 0 fully saturated rings. The van der Waals surface area contributed by atoms with Gasteiger partial charge in [0.05, 0.1) is 11.4 Å². The Hall–Kier alpha value is -3.22. The molecule has 6 heteroatoms. The van der Waals surface area contributed by atoms with Crippen LogP contribution in [0.3, 0.4) is 0 Å². The minimum Gasteiger partial charge on any atom is -0.150 e. The van der Waals surface area contributed by atoms with Crippen LogP contribution in [0.2, 0.25) is 0 Å². The van der Waals surface area contributed by atoms with Crippen molar-refractivity contribution in [3.05, 3.63) is 129 Å². The molecule has 4 rings (SSSR count). The highest BCUT2D eigenvalue weighted by Crippen LogP contribution is 2.32. The molecule has 0 aromatic heterocycles. The molecule has 0 atom stereocenters. The van der Waals surface area contributed by atoms with Crippen molar-refractivity contribution < 1.29 is 0 Å². The number of halogens is 2. The van der Waals surface area contributed by atoms with Crippen LogP contribution in [0, 0.1) is 0 Å². The molecule has 0 aliphatic carbocycles. The van der Waals surface area contributed by atoms with Gasteiger partial charge in [0.25, 0.3) is 0 Å². The van der Waals surface area contributed by atoms with Crippen molar-refractivity contribution >= 4 is 54.6 Å². The molecule has 32 heavy (non-hydrogen) atoms. The average molecular weight is 546 g/mol. The molecular formula is C26H18Br2N4. The van der Waals surface area contributed by atoms with E-state index in [2.05, 4.69) is 52.3 Å². The van der Waals surface area contributed by atoms with Crippen LogP contribution in [0.4, 0.5) is 11.4 Å². The van der Waals surface area contributed by atoms with Crippen LogP contribution >= 0.6 is 31.9 Å². The van der Waals surface area contributed by atoms with Crippen LogP contribution < -0.4 is 0 Å². The largest absolute Gasteiger partial charge is 0.150 e. The zero-order valence-electron chi connectivity index (χ0n) is 16.9. The van der Waals surface area contributed by atoms with Gasteiger partial charge in [0.1, 0.15) is 11.4 Å². The zero-order valence-corrected chi connectivity index (χ0v) is 20.1. The van der Waals surface area contributed by atoms with Gasteiger partial charge in [-0.05, 0) is 48.5 Å². The van der Waals surface area contributed by atoms with Crippen molar-refractivity contribution in [2.45, 2.75) is 0 Å². The zero-order chi connectivity index (χ0) is 22.2. The molecule has 156 valence electrons. The molecule has 0 amide bonds. The quantitative estimate of drug-likeness (QED) is 0.171. The molecule has 4 aromatic rings. The monoisotopic (exact) mass is 544 g/mol. The predicted molar refractivity (Wildman–Crippen MR) is 137 cm³/mol. The van der Waals surface area contributed by atoms with Gasteiger partial charge in [-0.1, -0.05) is 92.5 Å². The molecule has 0 radical (unpaired) electrons. The molecule has 0 bridgehead atoms. The summed E-state index contributed by atoms with van der Waals surface area (Å²) in [6.07, 6.45) is 0. The maximum absolute atomic E-state index is 4.63. The summed E-state index contributed by atoms with van der Waals surface area (Å²) in [7, 11) is 0. The highest BCUT2D eigenvalue weighted by Gasteiger charge is 2.12. The fourth-order valence-corrected chi connectivity index (χ4v) is 3.44. The van der Waals surface area contributed by atoms with Gasteiger partial charge < -0.3 is 0 Å². The lowest BCUT2D eigenvalue weighted by molar-refractivity contribution is 1.20. The second kappa shape index (κ2) is 10.9. The summed E-state index contributed by atoms with van der Waals surface area (Å²) in [6.45, 7) is 0. The Kier molecular flexibility index (Phi) is 7.48. The van der Waals surface area contributed by atoms with E-state index in [-0.39, 0.29) is 0 Å². The Morgan fingerprint density at radius 2 is 0.781 bits per heavy atom. The van der Waals surface area contributed by atoms with Crippen LogP contribution in [0.1, 0.15) is 11.1 Å². The Morgan fingerprint density at radius 1 is 0.438 bits per heavy atom. The molecule has 0 N–H and O–H groups in total. The highest BCUT2D eigenvalue weighted by molar-refractivity contribution is 9.10. The molecule has 0 saturated heterocycles. The number of hydrogen-bond acceptors (Lipinski definition) is 4. The lowest BCUT2D eigenvalue weighted by Gasteiger charge is -2.08. The molecule has 4 nitrogen and oxygen atoms in total. The van der Waals surface area contributed by atoms with Gasteiger partial charge in [-0.25, -0.2) is 0 Å². The SMILES string of the molecule is Brc1ccc(N=NC(=C(N=Nc2ccc(Br)cc2)c2ccccc2)c2ccccc2)cc1. The predicted octanol–water partition coefficient (Wildman–Crippen LogP) is 9.61. The fraction of sp³-hybridized carbons (Fsp3) is 0. The first kappa shape index (κ1) is 22.0. The van der Waals surface area contributed by atoms with Gasteiger partial charge in [0.2, 0.25) is 0 Å². The van der Waals surface area contributed by atoms with Crippen molar-refractivity contribution in [1.82, 2.24) is 0 Å². The van der Waals surface area contributed by atoms with Crippen molar-refractivity contribution in [3.63, 3.8) is 0 Å². The van der Waals surface area contributed by atoms with E-state index in [4.69, 9.17) is 0 Å². The lowest BCUT2D eigenvalue weighted by Crippen LogP contribution is -1.88. The molecular weight excluding hydrogens is 528 g/mol. The summed E-state index contributed by atoms with van der Waals surface area (Å²) in [5, 5.41) is 18.2. The molecule has 0 aliphatic rings. The first-order chi connectivity index (χ1) is 15.7. The number of rotatable bonds is 6. The first-order valence-corrected chi connectivity index (χ1v) is 11.5. The van der Waals surface area contributed by atoms with E-state index >= 15 is 0 Å². The normalized spacial score (nSPS) is 12.3. The van der Waals surface area contributed by atoms with Crippen molar-refractivity contribution in [1.29, 1.82) is 0 Å². The summed E-state index contributed by atoms with van der Waals surface area (Å²) in [6, 6.07) is 35.2. The summed E-state index contributed by atoms with van der Waals surface area (Å²) < 4.78 is 1.98. The third-order valence-electron chi connectivity index (χ3n) is 4.50.